The van der Waals surface area contributed by atoms with Gasteiger partial charge in [0, 0.05) is 10.8 Å². The molecule has 0 aliphatic carbocycles. The minimum atomic E-state index is -0.306. The maximum atomic E-state index is 12.7. The molecule has 0 unspecified atom stereocenters. The van der Waals surface area contributed by atoms with Gasteiger partial charge in [-0.05, 0) is 35.4 Å². The monoisotopic (exact) mass is 336 g/mol. The normalized spacial score (nSPS) is 10.8. The van der Waals surface area contributed by atoms with E-state index in [1.807, 2.05) is 24.3 Å². The highest BCUT2D eigenvalue weighted by molar-refractivity contribution is 7.99. The van der Waals surface area contributed by atoms with Crippen molar-refractivity contribution in [3.05, 3.63) is 70.5 Å². The van der Waals surface area contributed by atoms with Crippen molar-refractivity contribution in [2.75, 3.05) is 5.75 Å². The summed E-state index contributed by atoms with van der Waals surface area (Å²) < 4.78 is 12.7. The van der Waals surface area contributed by atoms with Crippen molar-refractivity contribution in [1.29, 1.82) is 0 Å². The van der Waals surface area contributed by atoms with Crippen molar-refractivity contribution in [3.8, 4) is 0 Å². The van der Waals surface area contributed by atoms with Crippen molar-refractivity contribution in [2.45, 2.75) is 5.75 Å². The molecule has 2 aromatic carbocycles. The highest BCUT2D eigenvalue weighted by Crippen LogP contribution is 2.15. The number of hydrazone groups is 1. The number of nitrogens with one attached hydrogen (secondary N) is 1. The van der Waals surface area contributed by atoms with Crippen LogP contribution in [0, 0.1) is 5.82 Å². The number of halogens is 2. The quantitative estimate of drug-likeness (QED) is 0.643. The molecule has 0 radical (unpaired) electrons. The predicted octanol–water partition coefficient (Wildman–Crippen LogP) is 3.86. The van der Waals surface area contributed by atoms with Crippen LogP contribution in [0.3, 0.4) is 0 Å². The molecular weight excluding hydrogens is 323 g/mol. The van der Waals surface area contributed by atoms with E-state index in [9.17, 15) is 9.18 Å². The maximum absolute atomic E-state index is 12.7. The molecule has 0 bridgehead atoms. The Labute approximate surface area is 137 Å². The fourth-order valence-corrected chi connectivity index (χ4v) is 2.51. The smallest absolute Gasteiger partial charge is 0.250 e. The van der Waals surface area contributed by atoms with Crippen LogP contribution in [0.4, 0.5) is 4.39 Å². The average molecular weight is 337 g/mol. The van der Waals surface area contributed by atoms with Gasteiger partial charge in [-0.2, -0.15) is 5.10 Å². The van der Waals surface area contributed by atoms with E-state index < -0.39 is 0 Å². The molecule has 2 rings (SSSR count). The number of thioether (sulfide) groups is 1. The van der Waals surface area contributed by atoms with E-state index in [0.717, 1.165) is 16.9 Å². The second kappa shape index (κ2) is 8.56. The largest absolute Gasteiger partial charge is 0.272 e. The molecule has 0 atom stereocenters. The third-order valence-corrected chi connectivity index (χ3v) is 3.94. The van der Waals surface area contributed by atoms with Gasteiger partial charge in [0.25, 0.3) is 0 Å². The summed E-state index contributed by atoms with van der Waals surface area (Å²) in [5.74, 6) is 0.549. The fraction of sp³-hybridized carbons (Fsp3) is 0.125. The van der Waals surface area contributed by atoms with Crippen molar-refractivity contribution in [3.63, 3.8) is 0 Å². The molecule has 0 aromatic heterocycles. The van der Waals surface area contributed by atoms with Crippen LogP contribution >= 0.6 is 23.4 Å². The Bertz CT molecular complexity index is 644. The standard InChI is InChI=1S/C16H14ClFN2OS/c17-14-5-1-13(2-6-14)10-22-11-16(21)20-19-9-12-3-7-15(18)8-4-12/h1-9H,10-11H2,(H,20,21)/b19-9+. The molecule has 0 saturated heterocycles. The first-order valence-corrected chi connectivity index (χ1v) is 8.06. The lowest BCUT2D eigenvalue weighted by molar-refractivity contribution is -0.118. The lowest BCUT2D eigenvalue weighted by atomic mass is 10.2. The Morgan fingerprint density at radius 1 is 1.18 bits per heavy atom. The van der Waals surface area contributed by atoms with E-state index in [1.54, 1.807) is 12.1 Å². The van der Waals surface area contributed by atoms with E-state index in [-0.39, 0.29) is 11.7 Å². The topological polar surface area (TPSA) is 41.5 Å². The van der Waals surface area contributed by atoms with Crippen LogP contribution in [0.5, 0.6) is 0 Å². The number of nitrogens with zero attached hydrogens (tertiary/aromatic N) is 1. The van der Waals surface area contributed by atoms with Gasteiger partial charge in [-0.1, -0.05) is 35.9 Å². The minimum Gasteiger partial charge on any atom is -0.272 e. The highest BCUT2D eigenvalue weighted by atomic mass is 35.5. The maximum Gasteiger partial charge on any atom is 0.250 e. The van der Waals surface area contributed by atoms with E-state index in [2.05, 4.69) is 10.5 Å². The summed E-state index contributed by atoms with van der Waals surface area (Å²) in [5, 5.41) is 4.53. The molecule has 0 spiro atoms. The SMILES string of the molecule is O=C(CSCc1ccc(Cl)cc1)N/N=C/c1ccc(F)cc1. The van der Waals surface area contributed by atoms with Crippen LogP contribution in [0.2, 0.25) is 5.02 Å². The molecular formula is C16H14ClFN2OS. The number of hydrogen-bond acceptors (Lipinski definition) is 3. The Morgan fingerprint density at radius 3 is 2.55 bits per heavy atom. The summed E-state index contributed by atoms with van der Waals surface area (Å²) in [4.78, 5) is 11.6. The van der Waals surface area contributed by atoms with E-state index in [1.165, 1.54) is 30.1 Å². The molecule has 2 aromatic rings. The van der Waals surface area contributed by atoms with Gasteiger partial charge in [0.05, 0.1) is 12.0 Å². The summed E-state index contributed by atoms with van der Waals surface area (Å²) in [6.45, 7) is 0. The molecule has 1 N–H and O–H groups in total. The van der Waals surface area contributed by atoms with Crippen molar-refractivity contribution < 1.29 is 9.18 Å². The number of carbonyl (C=O) groups is 1. The zero-order valence-electron chi connectivity index (χ0n) is 11.6. The number of amides is 1. The number of rotatable bonds is 6. The number of carbonyl (C=O) groups excluding carboxylic acids is 1. The molecule has 0 saturated carbocycles. The summed E-state index contributed by atoms with van der Waals surface area (Å²) in [7, 11) is 0. The molecule has 3 nitrogen and oxygen atoms in total. The number of hydrogen-bond donors (Lipinski definition) is 1. The van der Waals surface area contributed by atoms with Gasteiger partial charge in [-0.15, -0.1) is 11.8 Å². The van der Waals surface area contributed by atoms with Crippen LogP contribution in [-0.2, 0) is 10.5 Å². The second-order valence-corrected chi connectivity index (χ2v) is 5.89. The van der Waals surface area contributed by atoms with Crippen LogP contribution in [-0.4, -0.2) is 17.9 Å². The van der Waals surface area contributed by atoms with Gasteiger partial charge < -0.3 is 0 Å². The van der Waals surface area contributed by atoms with E-state index >= 15 is 0 Å². The summed E-state index contributed by atoms with van der Waals surface area (Å²) in [6, 6.07) is 13.4. The zero-order valence-corrected chi connectivity index (χ0v) is 13.2. The predicted molar refractivity (Wildman–Crippen MR) is 89.8 cm³/mol. The van der Waals surface area contributed by atoms with Crippen molar-refractivity contribution >= 4 is 35.5 Å². The summed E-state index contributed by atoms with van der Waals surface area (Å²) in [6.07, 6.45) is 1.47. The van der Waals surface area contributed by atoms with Crippen molar-refractivity contribution in [1.82, 2.24) is 5.43 Å². The Morgan fingerprint density at radius 2 is 1.86 bits per heavy atom. The molecule has 0 aliphatic heterocycles. The van der Waals surface area contributed by atoms with Gasteiger partial charge in [0.2, 0.25) is 5.91 Å². The number of benzene rings is 2. The molecule has 22 heavy (non-hydrogen) atoms. The first kappa shape index (κ1) is 16.5. The van der Waals surface area contributed by atoms with Gasteiger partial charge in [0.15, 0.2) is 0 Å². The lowest BCUT2D eigenvalue weighted by Crippen LogP contribution is -2.19. The average Bonchev–Trinajstić information content (AvgIpc) is 2.51. The van der Waals surface area contributed by atoms with E-state index in [0.29, 0.717) is 10.8 Å². The van der Waals surface area contributed by atoms with Crippen LogP contribution < -0.4 is 5.43 Å². The van der Waals surface area contributed by atoms with Crippen LogP contribution in [0.1, 0.15) is 11.1 Å². The second-order valence-electron chi connectivity index (χ2n) is 4.46. The fourth-order valence-electron chi connectivity index (χ4n) is 1.60. The molecule has 1 amide bonds. The molecule has 0 heterocycles. The Balaban J connectivity index is 1.69. The Kier molecular flexibility index (Phi) is 6.43. The van der Waals surface area contributed by atoms with Crippen LogP contribution in [0.25, 0.3) is 0 Å². The first-order valence-electron chi connectivity index (χ1n) is 6.53. The highest BCUT2D eigenvalue weighted by Gasteiger charge is 2.00. The first-order chi connectivity index (χ1) is 10.6. The van der Waals surface area contributed by atoms with Crippen molar-refractivity contribution in [2.24, 2.45) is 5.10 Å². The molecule has 114 valence electrons. The van der Waals surface area contributed by atoms with Gasteiger partial charge >= 0.3 is 0 Å². The Hall–Kier alpha value is -1.85. The van der Waals surface area contributed by atoms with Crippen LogP contribution in [0.15, 0.2) is 53.6 Å². The zero-order chi connectivity index (χ0) is 15.8. The molecule has 0 fully saturated rings. The van der Waals surface area contributed by atoms with Gasteiger partial charge in [-0.3, -0.25) is 4.79 Å². The summed E-state index contributed by atoms with van der Waals surface area (Å²) >= 11 is 7.29. The molecule has 0 aliphatic rings. The lowest BCUT2D eigenvalue weighted by Gasteiger charge is -2.01. The summed E-state index contributed by atoms with van der Waals surface area (Å²) in [5.41, 5.74) is 4.26. The third kappa shape index (κ3) is 5.87. The van der Waals surface area contributed by atoms with Gasteiger partial charge in [0.1, 0.15) is 5.82 Å². The van der Waals surface area contributed by atoms with E-state index in [4.69, 9.17) is 11.6 Å². The minimum absolute atomic E-state index is 0.183. The third-order valence-electron chi connectivity index (χ3n) is 2.69. The molecule has 6 heteroatoms. The van der Waals surface area contributed by atoms with Gasteiger partial charge in [-0.25, -0.2) is 9.82 Å².